The minimum Gasteiger partial charge on any atom is -0.298 e. The van der Waals surface area contributed by atoms with Gasteiger partial charge in [0.2, 0.25) is 10.0 Å². The Labute approximate surface area is 206 Å². The molecule has 1 aromatic heterocycles. The number of carbonyl (C=O) groups is 1. The summed E-state index contributed by atoms with van der Waals surface area (Å²) in [5.74, 6) is 0.347. The monoisotopic (exact) mass is 581 g/mol. The van der Waals surface area contributed by atoms with Crippen molar-refractivity contribution < 1.29 is 13.2 Å². The number of carbonyl (C=O) groups excluding carboxylic acids is 1. The average molecular weight is 582 g/mol. The van der Waals surface area contributed by atoms with Crippen LogP contribution in [0.5, 0.6) is 0 Å². The van der Waals surface area contributed by atoms with Crippen molar-refractivity contribution in [1.82, 2.24) is 9.29 Å². The molecule has 0 bridgehead atoms. The van der Waals surface area contributed by atoms with Gasteiger partial charge in [-0.1, -0.05) is 26.0 Å². The quantitative estimate of drug-likeness (QED) is 0.413. The van der Waals surface area contributed by atoms with E-state index in [0.717, 1.165) is 21.2 Å². The average Bonchev–Trinajstić information content (AvgIpc) is 3.22. The van der Waals surface area contributed by atoms with Gasteiger partial charge in [-0.2, -0.15) is 4.31 Å². The first-order valence-corrected chi connectivity index (χ1v) is 13.8. The van der Waals surface area contributed by atoms with E-state index in [9.17, 15) is 13.2 Å². The Morgan fingerprint density at radius 3 is 2.31 bits per heavy atom. The number of halogens is 1. The number of amides is 1. The second kappa shape index (κ2) is 9.58. The number of benzene rings is 2. The first-order chi connectivity index (χ1) is 15.2. The molecule has 1 N–H and O–H groups in total. The molecule has 4 rings (SSSR count). The normalized spacial score (nSPS) is 19.6. The molecule has 0 spiro atoms. The van der Waals surface area contributed by atoms with Crippen LogP contribution in [0.3, 0.4) is 0 Å². The second-order valence-electron chi connectivity index (χ2n) is 8.29. The molecular formula is C23H24IN3O3S2. The number of piperidine rings is 1. The molecule has 1 fully saturated rings. The van der Waals surface area contributed by atoms with Crippen molar-refractivity contribution in [1.29, 1.82) is 0 Å². The van der Waals surface area contributed by atoms with Crippen LogP contribution in [0.25, 0.3) is 11.3 Å². The van der Waals surface area contributed by atoms with Crippen molar-refractivity contribution in [2.45, 2.75) is 25.2 Å². The van der Waals surface area contributed by atoms with Gasteiger partial charge < -0.3 is 0 Å². The summed E-state index contributed by atoms with van der Waals surface area (Å²) < 4.78 is 28.8. The van der Waals surface area contributed by atoms with Crippen molar-refractivity contribution in [3.8, 4) is 11.3 Å². The Morgan fingerprint density at radius 2 is 1.69 bits per heavy atom. The van der Waals surface area contributed by atoms with E-state index in [2.05, 4.69) is 46.7 Å². The first-order valence-electron chi connectivity index (χ1n) is 10.4. The van der Waals surface area contributed by atoms with E-state index >= 15 is 0 Å². The summed E-state index contributed by atoms with van der Waals surface area (Å²) in [5, 5.41) is 5.19. The zero-order chi connectivity index (χ0) is 22.9. The lowest BCUT2D eigenvalue weighted by atomic mass is 9.94. The fourth-order valence-electron chi connectivity index (χ4n) is 3.98. The lowest BCUT2D eigenvalue weighted by Crippen LogP contribution is -2.42. The van der Waals surface area contributed by atoms with Crippen molar-refractivity contribution in [2.75, 3.05) is 18.4 Å². The highest BCUT2D eigenvalue weighted by molar-refractivity contribution is 14.1. The number of sulfonamides is 1. The van der Waals surface area contributed by atoms with Crippen LogP contribution in [-0.2, 0) is 10.0 Å². The van der Waals surface area contributed by atoms with Gasteiger partial charge in [0.1, 0.15) is 0 Å². The molecule has 32 heavy (non-hydrogen) atoms. The molecule has 1 aliphatic rings. The van der Waals surface area contributed by atoms with E-state index in [1.54, 1.807) is 16.4 Å². The summed E-state index contributed by atoms with van der Waals surface area (Å²) in [7, 11) is -3.57. The number of thiazole rings is 1. The largest absolute Gasteiger partial charge is 0.298 e. The van der Waals surface area contributed by atoms with Crippen molar-refractivity contribution in [3.05, 3.63) is 63.0 Å². The number of hydrogen-bond acceptors (Lipinski definition) is 5. The Morgan fingerprint density at radius 1 is 1.06 bits per heavy atom. The molecule has 2 aromatic carbocycles. The van der Waals surface area contributed by atoms with Gasteiger partial charge in [0.25, 0.3) is 5.91 Å². The Balaban J connectivity index is 1.45. The van der Waals surface area contributed by atoms with Crippen LogP contribution in [-0.4, -0.2) is 36.7 Å². The standard InChI is InChI=1S/C23H24IN3O3S2/c1-15-11-16(2)13-27(12-15)32(29,30)20-9-5-18(6-10-20)22(28)26-23-25-21(14-31-23)17-3-7-19(24)8-4-17/h3-10,14-16H,11-13H2,1-2H3,(H,25,26,28)/t15-,16-/m0/s1. The topological polar surface area (TPSA) is 79.4 Å². The zero-order valence-corrected chi connectivity index (χ0v) is 21.6. The van der Waals surface area contributed by atoms with Crippen LogP contribution in [0.4, 0.5) is 5.13 Å². The molecule has 1 aliphatic heterocycles. The summed E-state index contributed by atoms with van der Waals surface area (Å²) >= 11 is 3.60. The highest BCUT2D eigenvalue weighted by Gasteiger charge is 2.31. The maximum Gasteiger partial charge on any atom is 0.257 e. The molecular weight excluding hydrogens is 557 g/mol. The first kappa shape index (κ1) is 23.3. The van der Waals surface area contributed by atoms with Crippen molar-refractivity contribution >= 4 is 55.0 Å². The number of nitrogens with one attached hydrogen (secondary N) is 1. The highest BCUT2D eigenvalue weighted by atomic mass is 127. The number of rotatable bonds is 5. The van der Waals surface area contributed by atoms with E-state index in [4.69, 9.17) is 0 Å². The van der Waals surface area contributed by atoms with Crippen molar-refractivity contribution in [3.63, 3.8) is 0 Å². The van der Waals surface area contributed by atoms with Gasteiger partial charge in [0.05, 0.1) is 10.6 Å². The lowest BCUT2D eigenvalue weighted by Gasteiger charge is -2.34. The molecule has 0 aliphatic carbocycles. The number of hydrogen-bond donors (Lipinski definition) is 1. The second-order valence-corrected chi connectivity index (χ2v) is 12.3. The van der Waals surface area contributed by atoms with Crippen LogP contribution >= 0.6 is 33.9 Å². The molecule has 9 heteroatoms. The third-order valence-electron chi connectivity index (χ3n) is 5.45. The minimum absolute atomic E-state index is 0.214. The lowest BCUT2D eigenvalue weighted by molar-refractivity contribution is 0.102. The van der Waals surface area contributed by atoms with Gasteiger partial charge in [-0.05, 0) is 77.2 Å². The Bertz CT molecular complexity index is 1200. The van der Waals surface area contributed by atoms with E-state index in [0.29, 0.717) is 35.6 Å². The van der Waals surface area contributed by atoms with E-state index < -0.39 is 10.0 Å². The maximum atomic E-state index is 13.0. The molecule has 2 heterocycles. The van der Waals surface area contributed by atoms with Crippen LogP contribution in [0.2, 0.25) is 0 Å². The zero-order valence-electron chi connectivity index (χ0n) is 17.8. The van der Waals surface area contributed by atoms with E-state index in [-0.39, 0.29) is 10.8 Å². The van der Waals surface area contributed by atoms with E-state index in [1.165, 1.54) is 23.5 Å². The molecule has 6 nitrogen and oxygen atoms in total. The molecule has 168 valence electrons. The van der Waals surface area contributed by atoms with Gasteiger partial charge in [-0.3, -0.25) is 10.1 Å². The molecule has 1 saturated heterocycles. The van der Waals surface area contributed by atoms with Gasteiger partial charge in [-0.15, -0.1) is 11.3 Å². The van der Waals surface area contributed by atoms with Gasteiger partial charge >= 0.3 is 0 Å². The third-order valence-corrected chi connectivity index (χ3v) is 8.78. The van der Waals surface area contributed by atoms with Crippen LogP contribution < -0.4 is 5.32 Å². The molecule has 0 unspecified atom stereocenters. The predicted molar refractivity (Wildman–Crippen MR) is 136 cm³/mol. The smallest absolute Gasteiger partial charge is 0.257 e. The predicted octanol–water partition coefficient (Wildman–Crippen LogP) is 5.33. The SMILES string of the molecule is C[C@H]1C[C@H](C)CN(S(=O)(=O)c2ccc(C(=O)Nc3nc(-c4ccc(I)cc4)cs3)cc2)C1. The van der Waals surface area contributed by atoms with Gasteiger partial charge in [0, 0.05) is 33.2 Å². The summed E-state index contributed by atoms with van der Waals surface area (Å²) in [5.41, 5.74) is 2.17. The Kier molecular flexibility index (Phi) is 6.99. The maximum absolute atomic E-state index is 13.0. The van der Waals surface area contributed by atoms with Crippen molar-refractivity contribution in [2.24, 2.45) is 11.8 Å². The van der Waals surface area contributed by atoms with Crippen LogP contribution in [0, 0.1) is 15.4 Å². The molecule has 0 saturated carbocycles. The highest BCUT2D eigenvalue weighted by Crippen LogP contribution is 2.28. The summed E-state index contributed by atoms with van der Waals surface area (Å²) in [6.07, 6.45) is 1.03. The summed E-state index contributed by atoms with van der Waals surface area (Å²) in [6, 6.07) is 14.1. The number of aromatic nitrogens is 1. The number of anilines is 1. The van der Waals surface area contributed by atoms with Gasteiger partial charge in [0.15, 0.2) is 5.13 Å². The van der Waals surface area contributed by atoms with Gasteiger partial charge in [-0.25, -0.2) is 13.4 Å². The van der Waals surface area contributed by atoms with Crippen LogP contribution in [0.1, 0.15) is 30.6 Å². The molecule has 2 atom stereocenters. The number of nitrogens with zero attached hydrogens (tertiary/aromatic N) is 2. The fourth-order valence-corrected chi connectivity index (χ4v) is 6.74. The molecule has 0 radical (unpaired) electrons. The fraction of sp³-hybridized carbons (Fsp3) is 0.304. The summed E-state index contributed by atoms with van der Waals surface area (Å²) in [4.78, 5) is 17.4. The third kappa shape index (κ3) is 5.22. The van der Waals surface area contributed by atoms with E-state index in [1.807, 2.05) is 29.6 Å². The molecule has 1 amide bonds. The van der Waals surface area contributed by atoms with Crippen LogP contribution in [0.15, 0.2) is 58.8 Å². The minimum atomic E-state index is -3.57. The molecule has 3 aromatic rings. The summed E-state index contributed by atoms with van der Waals surface area (Å²) in [6.45, 7) is 5.21. The Hall–Kier alpha value is -1.82.